The lowest BCUT2D eigenvalue weighted by molar-refractivity contribution is 1.44. The number of benzene rings is 7. The standard InChI is InChI=1S/C40H29N.C2H4/c1-26(2)40(41)29-16-10-15-28(25-29)38-34-17-6-8-19-36(34)39(37-20-9-7-18-35(37)38)33-24-12-22-31-30(21-11-23-32(31)33)27-13-4-3-5-14-27;1-2/h3-25,41H,1H2,2H3;1-2H2. The van der Waals surface area contributed by atoms with Crippen LogP contribution in [-0.4, -0.2) is 5.71 Å². The smallest absolute Gasteiger partial charge is 0.0635 e. The molecule has 1 N–H and O–H groups in total. The van der Waals surface area contributed by atoms with Gasteiger partial charge in [-0.2, -0.15) is 0 Å². The van der Waals surface area contributed by atoms with Gasteiger partial charge in [-0.3, -0.25) is 0 Å². The quantitative estimate of drug-likeness (QED) is 0.125. The summed E-state index contributed by atoms with van der Waals surface area (Å²) in [5.74, 6) is 0. The van der Waals surface area contributed by atoms with Crippen molar-refractivity contribution in [3.05, 3.63) is 170 Å². The number of hydrogen-bond acceptors (Lipinski definition) is 1. The third kappa shape index (κ3) is 4.86. The molecule has 0 atom stereocenters. The van der Waals surface area contributed by atoms with Crippen molar-refractivity contribution in [1.82, 2.24) is 0 Å². The molecule has 0 saturated carbocycles. The minimum Gasteiger partial charge on any atom is -0.300 e. The average molecular weight is 552 g/mol. The van der Waals surface area contributed by atoms with E-state index in [0.29, 0.717) is 5.71 Å². The van der Waals surface area contributed by atoms with E-state index in [9.17, 15) is 0 Å². The van der Waals surface area contributed by atoms with Gasteiger partial charge in [0.05, 0.1) is 5.71 Å². The van der Waals surface area contributed by atoms with Crippen molar-refractivity contribution in [3.63, 3.8) is 0 Å². The number of rotatable bonds is 5. The van der Waals surface area contributed by atoms with Crippen molar-refractivity contribution >= 4 is 38.0 Å². The molecule has 0 aliphatic heterocycles. The summed E-state index contributed by atoms with van der Waals surface area (Å²) in [4.78, 5) is 0. The third-order valence-corrected chi connectivity index (χ3v) is 8.07. The van der Waals surface area contributed by atoms with E-state index < -0.39 is 0 Å². The topological polar surface area (TPSA) is 23.9 Å². The van der Waals surface area contributed by atoms with Crippen LogP contribution in [-0.2, 0) is 0 Å². The molecular formula is C42H33N. The monoisotopic (exact) mass is 551 g/mol. The highest BCUT2D eigenvalue weighted by Crippen LogP contribution is 2.46. The van der Waals surface area contributed by atoms with Crippen molar-refractivity contribution in [2.24, 2.45) is 0 Å². The highest BCUT2D eigenvalue weighted by molar-refractivity contribution is 6.24. The summed E-state index contributed by atoms with van der Waals surface area (Å²) < 4.78 is 0. The van der Waals surface area contributed by atoms with Crippen molar-refractivity contribution in [3.8, 4) is 33.4 Å². The summed E-state index contributed by atoms with van der Waals surface area (Å²) in [6, 6.07) is 49.8. The van der Waals surface area contributed by atoms with E-state index in [1.165, 1.54) is 60.1 Å². The minimum atomic E-state index is 0.474. The van der Waals surface area contributed by atoms with Crippen molar-refractivity contribution in [2.45, 2.75) is 6.92 Å². The van der Waals surface area contributed by atoms with Crippen LogP contribution < -0.4 is 0 Å². The molecule has 43 heavy (non-hydrogen) atoms. The summed E-state index contributed by atoms with van der Waals surface area (Å²) in [5.41, 5.74) is 9.37. The zero-order valence-corrected chi connectivity index (χ0v) is 24.4. The number of hydrogen-bond donors (Lipinski definition) is 1. The number of fused-ring (bicyclic) bond motifs is 3. The van der Waals surface area contributed by atoms with E-state index in [2.05, 4.69) is 153 Å². The molecule has 0 radical (unpaired) electrons. The first-order valence-electron chi connectivity index (χ1n) is 14.5. The summed E-state index contributed by atoms with van der Waals surface area (Å²) in [6.45, 7) is 11.9. The molecule has 7 aromatic carbocycles. The van der Waals surface area contributed by atoms with Gasteiger partial charge in [0.1, 0.15) is 0 Å². The Morgan fingerprint density at radius 2 is 0.907 bits per heavy atom. The Kier molecular flexibility index (Phi) is 7.56. The number of allylic oxidation sites excluding steroid dienone is 1. The second-order valence-electron chi connectivity index (χ2n) is 10.6. The molecule has 0 amide bonds. The van der Waals surface area contributed by atoms with Crippen LogP contribution in [0.2, 0.25) is 0 Å². The van der Waals surface area contributed by atoms with Crippen LogP contribution in [0.3, 0.4) is 0 Å². The second-order valence-corrected chi connectivity index (χ2v) is 10.6. The molecule has 0 unspecified atom stereocenters. The van der Waals surface area contributed by atoms with Crippen LogP contribution in [0.4, 0.5) is 0 Å². The van der Waals surface area contributed by atoms with E-state index in [1.807, 2.05) is 13.0 Å². The van der Waals surface area contributed by atoms with Gasteiger partial charge in [-0.15, -0.1) is 13.2 Å². The molecule has 0 aliphatic carbocycles. The zero-order valence-electron chi connectivity index (χ0n) is 24.4. The Balaban J connectivity index is 0.00000161. The van der Waals surface area contributed by atoms with Crippen LogP contribution in [0.5, 0.6) is 0 Å². The highest BCUT2D eigenvalue weighted by Gasteiger charge is 2.19. The normalized spacial score (nSPS) is 10.8. The van der Waals surface area contributed by atoms with Crippen molar-refractivity contribution in [1.29, 1.82) is 5.41 Å². The predicted octanol–water partition coefficient (Wildman–Crippen LogP) is 11.9. The van der Waals surface area contributed by atoms with E-state index in [4.69, 9.17) is 5.41 Å². The maximum Gasteiger partial charge on any atom is 0.0635 e. The van der Waals surface area contributed by atoms with E-state index in [0.717, 1.165) is 16.7 Å². The Labute approximate surface area is 253 Å². The lowest BCUT2D eigenvalue weighted by Crippen LogP contribution is -2.00. The van der Waals surface area contributed by atoms with Gasteiger partial charge in [0.15, 0.2) is 0 Å². The maximum absolute atomic E-state index is 8.57. The fraction of sp³-hybridized carbons (Fsp3) is 0.0238. The summed E-state index contributed by atoms with van der Waals surface area (Å²) in [5, 5.41) is 15.9. The first-order chi connectivity index (χ1) is 21.1. The lowest BCUT2D eigenvalue weighted by Gasteiger charge is -2.19. The molecule has 206 valence electrons. The van der Waals surface area contributed by atoms with Crippen LogP contribution in [0.15, 0.2) is 165 Å². The van der Waals surface area contributed by atoms with Gasteiger partial charge in [0.2, 0.25) is 0 Å². The fourth-order valence-electron chi connectivity index (χ4n) is 6.20. The summed E-state index contributed by atoms with van der Waals surface area (Å²) in [6.07, 6.45) is 0. The molecule has 0 heterocycles. The van der Waals surface area contributed by atoms with Crippen LogP contribution in [0.25, 0.3) is 65.7 Å². The van der Waals surface area contributed by atoms with Crippen molar-refractivity contribution < 1.29 is 0 Å². The van der Waals surface area contributed by atoms with E-state index in [1.54, 1.807) is 0 Å². The van der Waals surface area contributed by atoms with Gasteiger partial charge in [-0.05, 0) is 84.3 Å². The van der Waals surface area contributed by atoms with Crippen LogP contribution >= 0.6 is 0 Å². The molecule has 1 nitrogen and oxygen atoms in total. The van der Waals surface area contributed by atoms with Crippen LogP contribution in [0.1, 0.15) is 12.5 Å². The van der Waals surface area contributed by atoms with Gasteiger partial charge in [0.25, 0.3) is 0 Å². The Bertz CT molecular complexity index is 2090. The van der Waals surface area contributed by atoms with Crippen molar-refractivity contribution in [2.75, 3.05) is 0 Å². The summed E-state index contributed by atoms with van der Waals surface area (Å²) in [7, 11) is 0. The SMILES string of the molecule is C=C.C=C(C)C(=N)c1cccc(-c2c3ccccc3c(-c3cccc4c(-c5ccccc5)cccc34)c3ccccc23)c1. The summed E-state index contributed by atoms with van der Waals surface area (Å²) >= 11 is 0. The number of nitrogens with one attached hydrogen (secondary N) is 1. The molecule has 7 rings (SSSR count). The Hall–Kier alpha value is -5.53. The minimum absolute atomic E-state index is 0.474. The molecular weight excluding hydrogens is 518 g/mol. The average Bonchev–Trinajstić information content (AvgIpc) is 3.07. The molecule has 0 aliphatic rings. The van der Waals surface area contributed by atoms with Gasteiger partial charge >= 0.3 is 0 Å². The van der Waals surface area contributed by atoms with Gasteiger partial charge in [-0.1, -0.05) is 140 Å². The molecule has 1 heteroatoms. The van der Waals surface area contributed by atoms with E-state index in [-0.39, 0.29) is 0 Å². The largest absolute Gasteiger partial charge is 0.300 e. The Morgan fingerprint density at radius 1 is 0.465 bits per heavy atom. The molecule has 0 fully saturated rings. The van der Waals surface area contributed by atoms with Gasteiger partial charge < -0.3 is 5.41 Å². The van der Waals surface area contributed by atoms with Gasteiger partial charge in [-0.25, -0.2) is 0 Å². The molecule has 0 aromatic heterocycles. The lowest BCUT2D eigenvalue weighted by atomic mass is 9.84. The highest BCUT2D eigenvalue weighted by atomic mass is 14.4. The Morgan fingerprint density at radius 3 is 1.49 bits per heavy atom. The molecule has 0 saturated heterocycles. The molecule has 0 spiro atoms. The van der Waals surface area contributed by atoms with Crippen LogP contribution in [0, 0.1) is 5.41 Å². The zero-order chi connectivity index (χ0) is 29.9. The first kappa shape index (κ1) is 27.6. The third-order valence-electron chi connectivity index (χ3n) is 8.07. The fourth-order valence-corrected chi connectivity index (χ4v) is 6.20. The molecule has 7 aromatic rings. The molecule has 0 bridgehead atoms. The first-order valence-corrected chi connectivity index (χ1v) is 14.5. The maximum atomic E-state index is 8.57. The van der Waals surface area contributed by atoms with E-state index >= 15 is 0 Å². The second kappa shape index (κ2) is 11.8. The van der Waals surface area contributed by atoms with Gasteiger partial charge in [0, 0.05) is 5.56 Å². The predicted molar refractivity (Wildman–Crippen MR) is 188 cm³/mol.